The monoisotopic (exact) mass is 251 g/mol. The SMILES string of the molecule is CCn1ncnc1CN(C)C1CCC(NC)CC1. The van der Waals surface area contributed by atoms with Crippen molar-refractivity contribution in [2.45, 2.75) is 57.8 Å². The Balaban J connectivity index is 1.87. The summed E-state index contributed by atoms with van der Waals surface area (Å²) in [4.78, 5) is 6.78. The summed E-state index contributed by atoms with van der Waals surface area (Å²) in [5.41, 5.74) is 0. The van der Waals surface area contributed by atoms with Gasteiger partial charge in [0.25, 0.3) is 0 Å². The molecular weight excluding hydrogens is 226 g/mol. The maximum atomic E-state index is 4.35. The van der Waals surface area contributed by atoms with Crippen molar-refractivity contribution < 1.29 is 0 Å². The Kier molecular flexibility index (Phi) is 4.72. The molecule has 1 aliphatic carbocycles. The Morgan fingerprint density at radius 2 is 2.11 bits per heavy atom. The summed E-state index contributed by atoms with van der Waals surface area (Å²) in [6, 6.07) is 1.41. The number of hydrogen-bond acceptors (Lipinski definition) is 4. The van der Waals surface area contributed by atoms with E-state index < -0.39 is 0 Å². The fourth-order valence-electron chi connectivity index (χ4n) is 2.83. The zero-order chi connectivity index (χ0) is 13.0. The van der Waals surface area contributed by atoms with Crippen LogP contribution in [0.5, 0.6) is 0 Å². The lowest BCUT2D eigenvalue weighted by atomic mass is 9.90. The van der Waals surface area contributed by atoms with Crippen molar-refractivity contribution in [2.75, 3.05) is 14.1 Å². The van der Waals surface area contributed by atoms with E-state index in [1.54, 1.807) is 6.33 Å². The van der Waals surface area contributed by atoms with Crippen LogP contribution in [0.15, 0.2) is 6.33 Å². The highest BCUT2D eigenvalue weighted by Gasteiger charge is 2.23. The zero-order valence-electron chi connectivity index (χ0n) is 11.8. The maximum absolute atomic E-state index is 4.35. The molecule has 18 heavy (non-hydrogen) atoms. The van der Waals surface area contributed by atoms with Gasteiger partial charge >= 0.3 is 0 Å². The van der Waals surface area contributed by atoms with Crippen LogP contribution in [-0.4, -0.2) is 45.8 Å². The first kappa shape index (κ1) is 13.5. The van der Waals surface area contributed by atoms with Gasteiger partial charge in [0.15, 0.2) is 0 Å². The van der Waals surface area contributed by atoms with Gasteiger partial charge in [0.05, 0.1) is 6.54 Å². The van der Waals surface area contributed by atoms with Gasteiger partial charge in [-0.2, -0.15) is 5.10 Å². The Hall–Kier alpha value is -0.940. The molecule has 0 spiro atoms. The first-order valence-corrected chi connectivity index (χ1v) is 6.98. The van der Waals surface area contributed by atoms with E-state index in [-0.39, 0.29) is 0 Å². The molecule has 0 aliphatic heterocycles. The lowest BCUT2D eigenvalue weighted by molar-refractivity contribution is 0.164. The van der Waals surface area contributed by atoms with Gasteiger partial charge in [-0.15, -0.1) is 0 Å². The predicted molar refractivity (Wildman–Crippen MR) is 72.3 cm³/mol. The zero-order valence-corrected chi connectivity index (χ0v) is 11.8. The quantitative estimate of drug-likeness (QED) is 0.856. The first-order valence-electron chi connectivity index (χ1n) is 6.98. The molecule has 1 aromatic heterocycles. The first-order chi connectivity index (χ1) is 8.74. The second-order valence-electron chi connectivity index (χ2n) is 5.20. The van der Waals surface area contributed by atoms with Crippen molar-refractivity contribution in [3.05, 3.63) is 12.2 Å². The minimum Gasteiger partial charge on any atom is -0.317 e. The van der Waals surface area contributed by atoms with Crippen LogP contribution < -0.4 is 5.32 Å². The van der Waals surface area contributed by atoms with Crippen molar-refractivity contribution >= 4 is 0 Å². The second kappa shape index (κ2) is 6.29. The fourth-order valence-corrected chi connectivity index (χ4v) is 2.83. The highest BCUT2D eigenvalue weighted by molar-refractivity contribution is 4.87. The Bertz CT molecular complexity index is 354. The molecule has 0 radical (unpaired) electrons. The molecule has 0 aromatic carbocycles. The molecule has 1 aliphatic rings. The summed E-state index contributed by atoms with van der Waals surface area (Å²) in [5.74, 6) is 1.08. The highest BCUT2D eigenvalue weighted by atomic mass is 15.3. The number of rotatable bonds is 5. The van der Waals surface area contributed by atoms with Gasteiger partial charge in [0.2, 0.25) is 0 Å². The van der Waals surface area contributed by atoms with E-state index >= 15 is 0 Å². The Morgan fingerprint density at radius 1 is 1.39 bits per heavy atom. The van der Waals surface area contributed by atoms with E-state index in [9.17, 15) is 0 Å². The summed E-state index contributed by atoms with van der Waals surface area (Å²) in [6.07, 6.45) is 6.78. The van der Waals surface area contributed by atoms with Crippen LogP contribution in [0.3, 0.4) is 0 Å². The van der Waals surface area contributed by atoms with Gasteiger partial charge in [-0.3, -0.25) is 4.90 Å². The molecule has 5 heteroatoms. The number of hydrogen-bond donors (Lipinski definition) is 1. The molecule has 0 bridgehead atoms. The topological polar surface area (TPSA) is 46.0 Å². The van der Waals surface area contributed by atoms with Crippen LogP contribution in [0.4, 0.5) is 0 Å². The van der Waals surface area contributed by atoms with Crippen molar-refractivity contribution in [3.63, 3.8) is 0 Å². The molecule has 1 fully saturated rings. The van der Waals surface area contributed by atoms with E-state index in [0.29, 0.717) is 12.1 Å². The molecule has 0 saturated heterocycles. The van der Waals surface area contributed by atoms with E-state index in [1.807, 2.05) is 4.68 Å². The van der Waals surface area contributed by atoms with E-state index in [0.717, 1.165) is 18.9 Å². The van der Waals surface area contributed by atoms with Gasteiger partial charge in [-0.25, -0.2) is 9.67 Å². The van der Waals surface area contributed by atoms with Crippen molar-refractivity contribution in [2.24, 2.45) is 0 Å². The standard InChI is InChI=1S/C13H25N5/c1-4-18-13(15-10-16-18)9-17(3)12-7-5-11(14-2)6-8-12/h10-12,14H,4-9H2,1-3H3. The van der Waals surface area contributed by atoms with Crippen molar-refractivity contribution in [1.29, 1.82) is 0 Å². The average molecular weight is 251 g/mol. The molecule has 5 nitrogen and oxygen atoms in total. The lowest BCUT2D eigenvalue weighted by Crippen LogP contribution is -2.39. The predicted octanol–water partition coefficient (Wildman–Crippen LogP) is 1.26. The second-order valence-corrected chi connectivity index (χ2v) is 5.20. The summed E-state index contributed by atoms with van der Waals surface area (Å²) >= 11 is 0. The van der Waals surface area contributed by atoms with Gasteiger partial charge in [0, 0.05) is 18.6 Å². The van der Waals surface area contributed by atoms with E-state index in [4.69, 9.17) is 0 Å². The third-order valence-electron chi connectivity index (χ3n) is 4.11. The van der Waals surface area contributed by atoms with Crippen LogP contribution in [0, 0.1) is 0 Å². The van der Waals surface area contributed by atoms with Crippen LogP contribution >= 0.6 is 0 Å². The smallest absolute Gasteiger partial charge is 0.140 e. The fraction of sp³-hybridized carbons (Fsp3) is 0.846. The molecule has 1 aromatic rings. The van der Waals surface area contributed by atoms with Crippen LogP contribution in [0.25, 0.3) is 0 Å². The maximum Gasteiger partial charge on any atom is 0.140 e. The molecule has 1 heterocycles. The van der Waals surface area contributed by atoms with Gasteiger partial charge in [0.1, 0.15) is 12.2 Å². The van der Waals surface area contributed by atoms with Gasteiger partial charge < -0.3 is 5.32 Å². The Labute approximate surface area is 110 Å². The number of nitrogens with one attached hydrogen (secondary N) is 1. The lowest BCUT2D eigenvalue weighted by Gasteiger charge is -2.34. The van der Waals surface area contributed by atoms with Crippen LogP contribution in [-0.2, 0) is 13.1 Å². The highest BCUT2D eigenvalue weighted by Crippen LogP contribution is 2.23. The summed E-state index contributed by atoms with van der Waals surface area (Å²) in [7, 11) is 4.28. The average Bonchev–Trinajstić information content (AvgIpc) is 2.86. The molecule has 0 unspecified atom stereocenters. The molecule has 0 atom stereocenters. The summed E-state index contributed by atoms with van der Waals surface area (Å²) in [6.45, 7) is 3.91. The molecular formula is C13H25N5. The Morgan fingerprint density at radius 3 is 2.72 bits per heavy atom. The molecule has 1 saturated carbocycles. The van der Waals surface area contributed by atoms with E-state index in [2.05, 4.69) is 41.3 Å². The minimum absolute atomic E-state index is 0.691. The van der Waals surface area contributed by atoms with Gasteiger partial charge in [-0.1, -0.05) is 0 Å². The number of nitrogens with zero attached hydrogens (tertiary/aromatic N) is 4. The third kappa shape index (κ3) is 3.09. The number of aryl methyl sites for hydroxylation is 1. The van der Waals surface area contributed by atoms with Crippen molar-refractivity contribution in [3.8, 4) is 0 Å². The molecule has 1 N–H and O–H groups in total. The minimum atomic E-state index is 0.691. The molecule has 2 rings (SSSR count). The summed E-state index contributed by atoms with van der Waals surface area (Å²) in [5, 5.41) is 7.61. The van der Waals surface area contributed by atoms with Gasteiger partial charge in [-0.05, 0) is 46.7 Å². The largest absolute Gasteiger partial charge is 0.317 e. The summed E-state index contributed by atoms with van der Waals surface area (Å²) < 4.78 is 1.98. The van der Waals surface area contributed by atoms with Crippen LogP contribution in [0.1, 0.15) is 38.4 Å². The van der Waals surface area contributed by atoms with Crippen molar-refractivity contribution in [1.82, 2.24) is 25.0 Å². The third-order valence-corrected chi connectivity index (χ3v) is 4.11. The van der Waals surface area contributed by atoms with E-state index in [1.165, 1.54) is 25.7 Å². The number of aromatic nitrogens is 3. The molecule has 0 amide bonds. The molecule has 102 valence electrons. The van der Waals surface area contributed by atoms with Crippen LogP contribution in [0.2, 0.25) is 0 Å². The normalized spacial score (nSPS) is 24.7.